The Labute approximate surface area is 312 Å². The minimum Gasteiger partial charge on any atom is -0.388 e. The predicted octanol–water partition coefficient (Wildman–Crippen LogP) is 8.13. The summed E-state index contributed by atoms with van der Waals surface area (Å²) in [6.45, 7) is 4.31. The lowest BCUT2D eigenvalue weighted by atomic mass is 9.99. The SMILES string of the molecule is CCCCCCCCCCCCC/C=C/[C@@H](O)[C@H](CO[C@H]1O[C@H](CN)[C@H](O)[C@H](O)[C@H]1O)NC(=O)CCCCCCCCCCCCCCCCC. The van der Waals surface area contributed by atoms with E-state index in [1.54, 1.807) is 6.08 Å². The van der Waals surface area contributed by atoms with E-state index in [0.717, 1.165) is 38.5 Å². The van der Waals surface area contributed by atoms with Gasteiger partial charge >= 0.3 is 0 Å². The summed E-state index contributed by atoms with van der Waals surface area (Å²) in [7, 11) is 0. The summed E-state index contributed by atoms with van der Waals surface area (Å²) >= 11 is 0. The fourth-order valence-corrected chi connectivity index (χ4v) is 6.91. The zero-order valence-corrected chi connectivity index (χ0v) is 33.0. The molecule has 1 heterocycles. The van der Waals surface area contributed by atoms with Crippen molar-refractivity contribution in [3.63, 3.8) is 0 Å². The Balaban J connectivity index is 2.39. The van der Waals surface area contributed by atoms with Crippen LogP contribution < -0.4 is 11.1 Å². The number of aliphatic hydroxyl groups excluding tert-OH is 4. The van der Waals surface area contributed by atoms with E-state index in [2.05, 4.69) is 19.2 Å². The predicted molar refractivity (Wildman–Crippen MR) is 209 cm³/mol. The van der Waals surface area contributed by atoms with Crippen LogP contribution >= 0.6 is 0 Å². The first-order valence-corrected chi connectivity index (χ1v) is 21.5. The quantitative estimate of drug-likeness (QED) is 0.0283. The van der Waals surface area contributed by atoms with Crippen LogP contribution in [0.2, 0.25) is 0 Å². The van der Waals surface area contributed by atoms with Gasteiger partial charge in [-0.1, -0.05) is 180 Å². The molecule has 1 saturated heterocycles. The van der Waals surface area contributed by atoms with Gasteiger partial charge in [0, 0.05) is 13.0 Å². The summed E-state index contributed by atoms with van der Waals surface area (Å²) in [4.78, 5) is 12.9. The number of hydrogen-bond donors (Lipinski definition) is 6. The molecule has 1 aliphatic heterocycles. The van der Waals surface area contributed by atoms with E-state index in [-0.39, 0.29) is 19.1 Å². The Kier molecular flexibility index (Phi) is 31.5. The molecule has 7 atom stereocenters. The summed E-state index contributed by atoms with van der Waals surface area (Å²) in [6, 6.07) is -0.765. The molecule has 7 N–H and O–H groups in total. The number of amides is 1. The van der Waals surface area contributed by atoms with Crippen LogP contribution in [-0.4, -0.2) is 82.3 Å². The highest BCUT2D eigenvalue weighted by Crippen LogP contribution is 2.22. The molecule has 0 aromatic rings. The third-order valence-electron chi connectivity index (χ3n) is 10.4. The average Bonchev–Trinajstić information content (AvgIpc) is 3.13. The van der Waals surface area contributed by atoms with Gasteiger partial charge in [-0.25, -0.2) is 0 Å². The standard InChI is InChI=1S/C42H82N2O7/c1-3-5-7-9-11-13-15-17-18-20-22-24-26-28-30-32-38(46)44-35(34-50-42-41(49)40(48)39(47)37(33-43)51-42)36(45)31-29-27-25-23-21-19-16-14-12-10-8-6-4-2/h29,31,35-37,39-42,45,47-49H,3-28,30,32-34,43H2,1-2H3,(H,44,46)/b31-29+/t35-,36+,37+,39-,40-,41+,42-/m0/s1. The molecule has 9 heteroatoms. The fourth-order valence-electron chi connectivity index (χ4n) is 6.91. The van der Waals surface area contributed by atoms with Crippen molar-refractivity contribution in [2.45, 2.75) is 236 Å². The van der Waals surface area contributed by atoms with Gasteiger partial charge in [-0.3, -0.25) is 4.79 Å². The third kappa shape index (κ3) is 24.8. The van der Waals surface area contributed by atoms with Crippen molar-refractivity contribution in [3.05, 3.63) is 12.2 Å². The molecule has 0 aromatic heterocycles. The van der Waals surface area contributed by atoms with Crippen molar-refractivity contribution >= 4 is 5.91 Å². The van der Waals surface area contributed by atoms with Gasteiger partial charge in [0.15, 0.2) is 6.29 Å². The van der Waals surface area contributed by atoms with E-state index >= 15 is 0 Å². The second kappa shape index (κ2) is 33.5. The van der Waals surface area contributed by atoms with Crippen molar-refractivity contribution in [2.24, 2.45) is 5.73 Å². The van der Waals surface area contributed by atoms with Gasteiger partial charge in [0.2, 0.25) is 5.91 Å². The van der Waals surface area contributed by atoms with E-state index in [1.807, 2.05) is 6.08 Å². The van der Waals surface area contributed by atoms with Crippen LogP contribution in [0.4, 0.5) is 0 Å². The maximum atomic E-state index is 12.9. The Morgan fingerprint density at radius 1 is 0.667 bits per heavy atom. The molecule has 51 heavy (non-hydrogen) atoms. The number of nitrogens with one attached hydrogen (secondary N) is 1. The topological polar surface area (TPSA) is 154 Å². The highest BCUT2D eigenvalue weighted by Gasteiger charge is 2.44. The Morgan fingerprint density at radius 2 is 1.10 bits per heavy atom. The lowest BCUT2D eigenvalue weighted by Crippen LogP contribution is -2.60. The molecule has 0 aliphatic carbocycles. The minimum absolute atomic E-state index is 0.0609. The highest BCUT2D eigenvalue weighted by molar-refractivity contribution is 5.76. The Morgan fingerprint density at radius 3 is 1.55 bits per heavy atom. The first-order chi connectivity index (χ1) is 24.8. The number of aliphatic hydroxyl groups is 4. The van der Waals surface area contributed by atoms with Crippen molar-refractivity contribution in [2.75, 3.05) is 13.2 Å². The molecule has 0 aromatic carbocycles. The second-order valence-electron chi connectivity index (χ2n) is 15.2. The molecule has 0 radical (unpaired) electrons. The number of ether oxygens (including phenoxy) is 2. The number of carbonyl (C=O) groups is 1. The summed E-state index contributed by atoms with van der Waals surface area (Å²) in [5.74, 6) is -0.156. The van der Waals surface area contributed by atoms with Crippen LogP contribution in [0.1, 0.15) is 194 Å². The van der Waals surface area contributed by atoms with E-state index in [0.29, 0.717) is 6.42 Å². The molecule has 302 valence electrons. The van der Waals surface area contributed by atoms with E-state index in [9.17, 15) is 25.2 Å². The largest absolute Gasteiger partial charge is 0.388 e. The summed E-state index contributed by atoms with van der Waals surface area (Å²) in [5.41, 5.74) is 5.66. The van der Waals surface area contributed by atoms with Crippen molar-refractivity contribution < 1.29 is 34.7 Å². The van der Waals surface area contributed by atoms with Gasteiger partial charge in [-0.2, -0.15) is 0 Å². The first-order valence-electron chi connectivity index (χ1n) is 21.5. The molecule has 0 bridgehead atoms. The number of hydrogen-bond acceptors (Lipinski definition) is 8. The molecule has 0 spiro atoms. The lowest BCUT2D eigenvalue weighted by molar-refractivity contribution is -0.296. The number of carbonyl (C=O) groups excluding carboxylic acids is 1. The van der Waals surface area contributed by atoms with Crippen LogP contribution in [0, 0.1) is 0 Å². The van der Waals surface area contributed by atoms with Gasteiger partial charge < -0.3 is 41.0 Å². The summed E-state index contributed by atoms with van der Waals surface area (Å²) in [6.07, 6.45) is 30.4. The number of nitrogens with two attached hydrogens (primary N) is 1. The normalized spacial score (nSPS) is 22.1. The highest BCUT2D eigenvalue weighted by atomic mass is 16.7. The average molecular weight is 727 g/mol. The molecule has 1 aliphatic rings. The van der Waals surface area contributed by atoms with Crippen LogP contribution in [0.25, 0.3) is 0 Å². The van der Waals surface area contributed by atoms with E-state index in [1.165, 1.54) is 135 Å². The smallest absolute Gasteiger partial charge is 0.220 e. The van der Waals surface area contributed by atoms with Crippen molar-refractivity contribution in [1.82, 2.24) is 5.32 Å². The van der Waals surface area contributed by atoms with Crippen LogP contribution in [0.3, 0.4) is 0 Å². The molecule has 1 amide bonds. The maximum Gasteiger partial charge on any atom is 0.220 e. The Hall–Kier alpha value is -1.07. The second-order valence-corrected chi connectivity index (χ2v) is 15.2. The van der Waals surface area contributed by atoms with Gasteiger partial charge in [-0.05, 0) is 19.3 Å². The van der Waals surface area contributed by atoms with Gasteiger partial charge in [0.1, 0.15) is 24.4 Å². The zero-order valence-electron chi connectivity index (χ0n) is 33.0. The van der Waals surface area contributed by atoms with Crippen LogP contribution in [0.5, 0.6) is 0 Å². The molecule has 1 rings (SSSR count). The molecular weight excluding hydrogens is 644 g/mol. The number of rotatable bonds is 35. The van der Waals surface area contributed by atoms with E-state index in [4.69, 9.17) is 15.2 Å². The summed E-state index contributed by atoms with van der Waals surface area (Å²) in [5, 5.41) is 44.7. The Bertz CT molecular complexity index is 814. The zero-order chi connectivity index (χ0) is 37.4. The monoisotopic (exact) mass is 727 g/mol. The molecule has 9 nitrogen and oxygen atoms in total. The third-order valence-corrected chi connectivity index (χ3v) is 10.4. The summed E-state index contributed by atoms with van der Waals surface area (Å²) < 4.78 is 11.4. The number of unbranched alkanes of at least 4 members (excludes halogenated alkanes) is 25. The van der Waals surface area contributed by atoms with Gasteiger partial charge in [-0.15, -0.1) is 0 Å². The molecular formula is C42H82N2O7. The fraction of sp³-hybridized carbons (Fsp3) is 0.929. The number of allylic oxidation sites excluding steroid dienone is 1. The molecule has 1 fully saturated rings. The molecule has 0 unspecified atom stereocenters. The van der Waals surface area contributed by atoms with Crippen molar-refractivity contribution in [3.8, 4) is 0 Å². The van der Waals surface area contributed by atoms with Crippen LogP contribution in [0.15, 0.2) is 12.2 Å². The van der Waals surface area contributed by atoms with Gasteiger partial charge in [0.25, 0.3) is 0 Å². The van der Waals surface area contributed by atoms with Crippen molar-refractivity contribution in [1.29, 1.82) is 0 Å². The maximum absolute atomic E-state index is 12.9. The van der Waals surface area contributed by atoms with Gasteiger partial charge in [0.05, 0.1) is 18.8 Å². The van der Waals surface area contributed by atoms with E-state index < -0.39 is 42.9 Å². The molecule has 0 saturated carbocycles. The lowest BCUT2D eigenvalue weighted by Gasteiger charge is -2.40. The first kappa shape index (κ1) is 48.0. The minimum atomic E-state index is -1.49. The van der Waals surface area contributed by atoms with Crippen LogP contribution in [-0.2, 0) is 14.3 Å².